The highest BCUT2D eigenvalue weighted by Crippen LogP contribution is 2.44. The molecule has 722 valence electrons. The second kappa shape index (κ2) is 50.4. The highest BCUT2D eigenvalue weighted by atomic mass is 33.1. The topological polar surface area (TPSA) is 340 Å². The van der Waals surface area contributed by atoms with Crippen molar-refractivity contribution in [2.45, 2.75) is 192 Å². The number of fused-ring (bicyclic) bond motifs is 6. The highest BCUT2D eigenvalue weighted by molar-refractivity contribution is 8.77. The molecule has 29 nitrogen and oxygen atoms in total. The van der Waals surface area contributed by atoms with Gasteiger partial charge in [-0.3, -0.25) is 52.7 Å². The third-order valence-corrected chi connectivity index (χ3v) is 31.1. The van der Waals surface area contributed by atoms with Gasteiger partial charge in [-0.1, -0.05) is 99.7 Å². The van der Waals surface area contributed by atoms with Gasteiger partial charge in [0.05, 0.1) is 133 Å². The van der Waals surface area contributed by atoms with Gasteiger partial charge in [0.25, 0.3) is 38.0 Å². The molecular weight excluding hydrogens is 1840 g/mol. The van der Waals surface area contributed by atoms with Crippen molar-refractivity contribution >= 4 is 138 Å². The molecule has 0 aliphatic carbocycles. The Labute approximate surface area is 804 Å². The molecule has 37 heteroatoms. The van der Waals surface area contributed by atoms with Crippen LogP contribution in [0, 0.1) is 0 Å². The number of ether oxygens (including phenoxy) is 5. The average Bonchev–Trinajstić information content (AvgIpc) is 1.64. The van der Waals surface area contributed by atoms with Gasteiger partial charge in [-0.15, -0.1) is 0 Å². The Hall–Kier alpha value is -7.73. The summed E-state index contributed by atoms with van der Waals surface area (Å²) in [6, 6.07) is 21.5. The second-order valence-electron chi connectivity index (χ2n) is 35.1. The minimum atomic E-state index is -3.61. The Morgan fingerprint density at radius 3 is 1.01 bits per heavy atom. The van der Waals surface area contributed by atoms with Gasteiger partial charge in [0.2, 0.25) is 0 Å². The van der Waals surface area contributed by atoms with E-state index in [-0.39, 0.29) is 101 Å². The number of aromatic nitrogens is 3. The number of aromatic hydroxyl groups is 1. The first-order valence-corrected chi connectivity index (χ1v) is 55.1. The molecule has 6 aliphatic rings. The number of pyridine rings is 3. The molecule has 9 heterocycles. The third-order valence-electron chi connectivity index (χ3n) is 22.2. The molecule has 3 fully saturated rings. The molecule has 3 amide bonds. The summed E-state index contributed by atoms with van der Waals surface area (Å²) in [6.45, 7) is 26.9. The van der Waals surface area contributed by atoms with Crippen molar-refractivity contribution in [3.05, 3.63) is 175 Å². The molecule has 3 aromatic heterocycles. The third kappa shape index (κ3) is 32.8. The van der Waals surface area contributed by atoms with Crippen LogP contribution in [-0.4, -0.2) is 278 Å². The lowest BCUT2D eigenvalue weighted by Gasteiger charge is -2.28. The molecule has 3 atom stereocenters. The summed E-state index contributed by atoms with van der Waals surface area (Å²) < 4.78 is 84.7. The zero-order valence-corrected chi connectivity index (χ0v) is 86.3. The van der Waals surface area contributed by atoms with Crippen molar-refractivity contribution < 1.29 is 78.6 Å². The number of hydrogen-bond donors (Lipinski definition) is 3. The molecule has 3 aromatic carbocycles. The summed E-state index contributed by atoms with van der Waals surface area (Å²) in [5, 5.41) is 28.2. The largest absolute Gasteiger partial charge is 0.504 e. The number of aliphatic imine (C=N–C) groups is 3. The number of aliphatic hydroxyl groups is 2. The van der Waals surface area contributed by atoms with Gasteiger partial charge in [-0.05, 0) is 251 Å². The Balaban J connectivity index is 0.000000225. The Morgan fingerprint density at radius 1 is 0.432 bits per heavy atom. The van der Waals surface area contributed by atoms with E-state index in [2.05, 4.69) is 135 Å². The van der Waals surface area contributed by atoms with Crippen LogP contribution in [0.2, 0.25) is 0 Å². The fourth-order valence-electron chi connectivity index (χ4n) is 16.5. The smallest absolute Gasteiger partial charge is 0.264 e. The highest BCUT2D eigenvalue weighted by Gasteiger charge is 2.39. The maximum atomic E-state index is 13.7. The van der Waals surface area contributed by atoms with Crippen LogP contribution >= 0.6 is 64.8 Å². The number of allylic oxidation sites excluding steroid dienone is 3. The number of carbonyl (C=O) groups excluding carboxylic acids is 3. The molecule has 3 saturated heterocycles. The van der Waals surface area contributed by atoms with Crippen LogP contribution in [0.4, 0.5) is 17.1 Å². The molecule has 0 unspecified atom stereocenters. The molecule has 6 aromatic rings. The Kier molecular flexibility index (Phi) is 41.2. The summed E-state index contributed by atoms with van der Waals surface area (Å²) >= 11 is 0. The lowest BCUT2D eigenvalue weighted by molar-refractivity contribution is 0.0769. The molecule has 6 aliphatic heterocycles. The predicted molar refractivity (Wildman–Crippen MR) is 540 cm³/mol. The number of benzene rings is 3. The molecule has 3 N–H and O–H groups in total. The second-order valence-corrected chi connectivity index (χ2v) is 47.7. The monoisotopic (exact) mass is 1970 g/mol. The fourth-order valence-corrected chi connectivity index (χ4v) is 23.9. The van der Waals surface area contributed by atoms with Gasteiger partial charge in [-0.2, -0.15) is 16.8 Å². The van der Waals surface area contributed by atoms with Crippen LogP contribution in [0.1, 0.15) is 183 Å². The molecule has 0 spiro atoms. The normalized spacial score (nSPS) is 17.4. The van der Waals surface area contributed by atoms with Crippen LogP contribution in [0.5, 0.6) is 34.5 Å². The van der Waals surface area contributed by atoms with Gasteiger partial charge >= 0.3 is 0 Å². The number of methoxy groups -OCH3 is 3. The van der Waals surface area contributed by atoms with Gasteiger partial charge in [0.15, 0.2) is 34.5 Å². The van der Waals surface area contributed by atoms with E-state index >= 15 is 0 Å². The minimum absolute atomic E-state index is 0.00534. The van der Waals surface area contributed by atoms with E-state index in [1.807, 2.05) is 104 Å². The molecular formula is C95H132N12O17S8. The minimum Gasteiger partial charge on any atom is -0.504 e. The number of aliphatic hydroxyl groups excluding tert-OH is 2. The van der Waals surface area contributed by atoms with Gasteiger partial charge in [0.1, 0.15) is 26.4 Å². The zero-order valence-electron chi connectivity index (χ0n) is 79.8. The SMILES string of the molecule is C/C=C1\C[C@H]2C=Nc3cc(O)c(OC)cc3C(=O)N2C1.C/C=C1\C[C@H]2C=Nc3cc(OCc4cc(CCCN(C)CC(C)(C)SSC)cc(COc5cc6c(cc5OC)C(=O)N5C/C(=C/C)C[C@H]5C=N6)n4)c(OC)cc3C(=O)N2C1.CSSC(C)(C)CN(C)CCCc1cc(CO)nc(CO)c1.CSSC(C)(C)CN(C)CCCc1cc(COS(C)(=O)=O)nc(COS(C)(=O)=O)c1. The maximum absolute atomic E-state index is 13.7. The number of hydrogen-bond acceptors (Lipinski definition) is 32. The van der Waals surface area contributed by atoms with E-state index in [4.69, 9.17) is 47.0 Å². The van der Waals surface area contributed by atoms with Crippen LogP contribution in [0.15, 0.2) is 123 Å². The summed E-state index contributed by atoms with van der Waals surface area (Å²) in [5.74, 6) is 1.91. The maximum Gasteiger partial charge on any atom is 0.264 e. The van der Waals surface area contributed by atoms with E-state index in [0.717, 1.165) is 138 Å². The average molecular weight is 1970 g/mol. The number of carbonyl (C=O) groups is 3. The number of rotatable bonds is 41. The van der Waals surface area contributed by atoms with Crippen LogP contribution in [0.3, 0.4) is 0 Å². The first-order chi connectivity index (χ1) is 62.6. The van der Waals surface area contributed by atoms with Crippen molar-refractivity contribution in [2.24, 2.45) is 15.0 Å². The number of phenolic OH excluding ortho intramolecular Hbond substituents is 1. The van der Waals surface area contributed by atoms with Crippen molar-refractivity contribution in [3.8, 4) is 34.5 Å². The summed E-state index contributed by atoms with van der Waals surface area (Å²) in [4.78, 5) is 79.8. The van der Waals surface area contributed by atoms with E-state index in [0.29, 0.717) is 99.2 Å². The molecule has 132 heavy (non-hydrogen) atoms. The van der Waals surface area contributed by atoms with Crippen molar-refractivity contribution in [1.29, 1.82) is 0 Å². The number of phenols is 1. The quantitative estimate of drug-likeness (QED) is 0.0182. The van der Waals surface area contributed by atoms with Gasteiger partial charge in [0, 0.05) is 90.4 Å². The Morgan fingerprint density at radius 2 is 0.720 bits per heavy atom. The number of aryl methyl sites for hydroxylation is 3. The summed E-state index contributed by atoms with van der Waals surface area (Å²) in [5.41, 5.74) is 13.4. The lowest BCUT2D eigenvalue weighted by atomic mass is 10.1. The molecule has 12 rings (SSSR count). The van der Waals surface area contributed by atoms with Crippen molar-refractivity contribution in [3.63, 3.8) is 0 Å². The standard InChI is InChI=1S/C46H56N6O6S2.C18H32N2O6S4.C16H28N2O2S2.C15H16N2O3/c1-9-29-16-34-22-47-38-20-42(40(55-6)18-36(38)44(53)51(34)24-29)57-26-32-14-31(12-11-13-50(5)28-46(3,4)60-59-8)15-33(49-32)27-58-43-21-39-37(19-41(43)56-7)45(54)52-25-30(10-2)17-35(52)23-48-39;1-18(2,28-27-4)14-20(3)9-7-8-15-10-16(12-25-29(5,21)22)19-17(11-15)13-26-30(6,23)24;1-16(2,22-21-4)12-18(3)7-5-6-13-8-14(10-19)17-15(9-13)11-20;1-3-9-4-10-7-16-12-6-13(18)14(20-2)5-11(12)15(19)17(10)8-9/h9-10,14-15,18-23,34-35H,11-13,16-17,24-28H2,1-8H3;10-11H,7-9,12-14H2,1-6H3;8-9,19-20H,5-7,10-12H2,1-4H3;3,5-7,10,18H,4,8H2,1-2H3/b29-9+,30-10+;;;9-3+/t34-,35-;;;10-/m0..0/s1. The van der Waals surface area contributed by atoms with Crippen LogP contribution in [0.25, 0.3) is 0 Å². The fraction of sp³-hybridized carbons (Fsp3) is 0.526. The lowest BCUT2D eigenvalue weighted by Crippen LogP contribution is -2.35. The van der Waals surface area contributed by atoms with E-state index < -0.39 is 20.2 Å². The molecule has 0 saturated carbocycles. The zero-order chi connectivity index (χ0) is 96.4. The molecule has 0 bridgehead atoms. The van der Waals surface area contributed by atoms with Crippen LogP contribution < -0.4 is 23.7 Å². The molecule has 0 radical (unpaired) electrons. The first kappa shape index (κ1) is 108. The first-order valence-electron chi connectivity index (χ1n) is 43.8. The van der Waals surface area contributed by atoms with Crippen molar-refractivity contribution in [1.82, 2.24) is 44.4 Å². The van der Waals surface area contributed by atoms with Gasteiger partial charge in [-0.25, -0.2) is 0 Å². The predicted octanol–water partition coefficient (Wildman–Crippen LogP) is 16.4. The van der Waals surface area contributed by atoms with E-state index in [1.165, 1.54) is 29.9 Å². The van der Waals surface area contributed by atoms with Gasteiger partial charge < -0.3 is 68.4 Å². The van der Waals surface area contributed by atoms with Crippen molar-refractivity contribution in [2.75, 3.05) is 133 Å². The van der Waals surface area contributed by atoms with E-state index in [1.54, 1.807) is 89.4 Å². The number of nitrogens with zero attached hydrogens (tertiary/aromatic N) is 12. The Bertz CT molecular complexity index is 5190. The summed E-state index contributed by atoms with van der Waals surface area (Å²) in [7, 11) is 14.8. The number of amides is 3. The summed E-state index contributed by atoms with van der Waals surface area (Å²) in [6.07, 6.45) is 27.7. The van der Waals surface area contributed by atoms with E-state index in [9.17, 15) is 46.5 Å². The van der Waals surface area contributed by atoms with Crippen LogP contribution in [-0.2, 0) is 87.5 Å².